The number of furan rings is 1. The molecule has 1 saturated carbocycles. The van der Waals surface area contributed by atoms with Crippen LogP contribution in [0.5, 0.6) is 11.5 Å². The molecule has 1 heterocycles. The molecule has 1 aliphatic rings. The number of amides is 1. The maximum atomic E-state index is 12.9. The molecule has 1 N–H and O–H groups in total. The molecule has 0 atom stereocenters. The van der Waals surface area contributed by atoms with Gasteiger partial charge in [0.1, 0.15) is 5.58 Å². The van der Waals surface area contributed by atoms with Gasteiger partial charge in [-0.25, -0.2) is 0 Å². The molecule has 0 unspecified atom stereocenters. The van der Waals surface area contributed by atoms with Crippen LogP contribution in [0.15, 0.2) is 46.9 Å². The molecule has 3 aromatic rings. The predicted molar refractivity (Wildman–Crippen MR) is 118 cm³/mol. The maximum Gasteiger partial charge on any atom is 0.287 e. The van der Waals surface area contributed by atoms with Gasteiger partial charge in [0.05, 0.1) is 14.2 Å². The van der Waals surface area contributed by atoms with E-state index < -0.39 is 0 Å². The monoisotopic (exact) mass is 427 g/mol. The Morgan fingerprint density at radius 3 is 2.53 bits per heavy atom. The van der Waals surface area contributed by atoms with Gasteiger partial charge < -0.3 is 19.2 Å². The Bertz CT molecular complexity index is 1050. The van der Waals surface area contributed by atoms with Gasteiger partial charge in [-0.1, -0.05) is 36.9 Å². The minimum absolute atomic E-state index is 0.136. The van der Waals surface area contributed by atoms with Gasteiger partial charge in [0.2, 0.25) is 0 Å². The van der Waals surface area contributed by atoms with Crippen LogP contribution < -0.4 is 14.8 Å². The number of hydrogen-bond acceptors (Lipinski definition) is 4. The molecule has 30 heavy (non-hydrogen) atoms. The van der Waals surface area contributed by atoms with Crippen molar-refractivity contribution in [2.24, 2.45) is 0 Å². The normalized spacial score (nSPS) is 15.7. The Morgan fingerprint density at radius 2 is 1.80 bits per heavy atom. The molecule has 1 amide bonds. The first-order chi connectivity index (χ1) is 14.5. The first-order valence-corrected chi connectivity index (χ1v) is 10.6. The number of rotatable bonds is 6. The van der Waals surface area contributed by atoms with Crippen molar-refractivity contribution < 1.29 is 18.7 Å². The van der Waals surface area contributed by atoms with Gasteiger partial charge in [0.15, 0.2) is 17.3 Å². The third kappa shape index (κ3) is 3.99. The third-order valence-electron chi connectivity index (χ3n) is 6.10. The van der Waals surface area contributed by atoms with E-state index >= 15 is 0 Å². The van der Waals surface area contributed by atoms with Crippen LogP contribution in [-0.2, 0) is 5.41 Å². The van der Waals surface area contributed by atoms with Crippen LogP contribution in [0, 0.1) is 0 Å². The molecule has 1 aromatic heterocycles. The van der Waals surface area contributed by atoms with Crippen molar-refractivity contribution in [2.45, 2.75) is 37.5 Å². The van der Waals surface area contributed by atoms with E-state index in [1.165, 1.54) is 6.42 Å². The molecule has 0 spiro atoms. The SMILES string of the molecule is COc1ccc(C2(CNC(=O)c3cc4cc(Cl)ccc4o3)CCCCC2)cc1OC. The number of halogens is 1. The summed E-state index contributed by atoms with van der Waals surface area (Å²) in [4.78, 5) is 12.9. The molecule has 0 saturated heterocycles. The molecule has 5 nitrogen and oxygen atoms in total. The Balaban J connectivity index is 1.57. The first kappa shape index (κ1) is 20.6. The minimum Gasteiger partial charge on any atom is -0.493 e. The number of carbonyl (C=O) groups excluding carboxylic acids is 1. The highest BCUT2D eigenvalue weighted by Gasteiger charge is 2.35. The van der Waals surface area contributed by atoms with E-state index in [0.29, 0.717) is 34.4 Å². The molecule has 158 valence electrons. The van der Waals surface area contributed by atoms with Crippen molar-refractivity contribution in [1.29, 1.82) is 0 Å². The summed E-state index contributed by atoms with van der Waals surface area (Å²) < 4.78 is 16.6. The first-order valence-electron chi connectivity index (χ1n) is 10.2. The van der Waals surface area contributed by atoms with Crippen LogP contribution in [0.25, 0.3) is 11.0 Å². The molecular formula is C24H26ClNO4. The Morgan fingerprint density at radius 1 is 1.03 bits per heavy atom. The van der Waals surface area contributed by atoms with E-state index in [1.54, 1.807) is 38.5 Å². The largest absolute Gasteiger partial charge is 0.493 e. The van der Waals surface area contributed by atoms with Gasteiger partial charge in [-0.2, -0.15) is 0 Å². The van der Waals surface area contributed by atoms with Gasteiger partial charge >= 0.3 is 0 Å². The van der Waals surface area contributed by atoms with Gasteiger partial charge in [-0.05, 0) is 54.8 Å². The Kier molecular flexibility index (Phi) is 5.91. The van der Waals surface area contributed by atoms with Crippen molar-refractivity contribution >= 4 is 28.5 Å². The van der Waals surface area contributed by atoms with Gasteiger partial charge in [-0.3, -0.25) is 4.79 Å². The second kappa shape index (κ2) is 8.60. The highest BCUT2D eigenvalue weighted by molar-refractivity contribution is 6.31. The minimum atomic E-state index is -0.215. The van der Waals surface area contributed by atoms with Crippen LogP contribution >= 0.6 is 11.6 Å². The number of ether oxygens (including phenoxy) is 2. The summed E-state index contributed by atoms with van der Waals surface area (Å²) in [6, 6.07) is 13.1. The lowest BCUT2D eigenvalue weighted by molar-refractivity contribution is 0.0911. The third-order valence-corrected chi connectivity index (χ3v) is 6.33. The zero-order valence-corrected chi connectivity index (χ0v) is 18.1. The van der Waals surface area contributed by atoms with Gasteiger partial charge in [-0.15, -0.1) is 0 Å². The fourth-order valence-electron chi connectivity index (χ4n) is 4.42. The van der Waals surface area contributed by atoms with Gasteiger partial charge in [0, 0.05) is 22.4 Å². The molecule has 6 heteroatoms. The van der Waals surface area contributed by atoms with Crippen molar-refractivity contribution in [1.82, 2.24) is 5.32 Å². The fourth-order valence-corrected chi connectivity index (χ4v) is 4.61. The van der Waals surface area contributed by atoms with Crippen molar-refractivity contribution in [2.75, 3.05) is 20.8 Å². The van der Waals surface area contributed by atoms with E-state index in [4.69, 9.17) is 25.5 Å². The molecule has 0 radical (unpaired) electrons. The van der Waals surface area contributed by atoms with Crippen LogP contribution in [0.3, 0.4) is 0 Å². The quantitative estimate of drug-likeness (QED) is 0.545. The molecule has 2 aromatic carbocycles. The maximum absolute atomic E-state index is 12.9. The standard InChI is InChI=1S/C24H26ClNO4/c1-28-20-8-6-17(14-21(20)29-2)24(10-4-3-5-11-24)15-26-23(27)22-13-16-12-18(25)7-9-19(16)30-22/h6-9,12-14H,3-5,10-11,15H2,1-2H3,(H,26,27). The van der Waals surface area contributed by atoms with Crippen molar-refractivity contribution in [3.8, 4) is 11.5 Å². The second-order valence-corrected chi connectivity index (χ2v) is 8.32. The van der Waals surface area contributed by atoms with Crippen LogP contribution in [0.1, 0.15) is 48.2 Å². The Hall–Kier alpha value is -2.66. The number of hydrogen-bond donors (Lipinski definition) is 1. The summed E-state index contributed by atoms with van der Waals surface area (Å²) in [5, 5.41) is 4.55. The zero-order valence-electron chi connectivity index (χ0n) is 17.3. The lowest BCUT2D eigenvalue weighted by Gasteiger charge is -2.38. The summed E-state index contributed by atoms with van der Waals surface area (Å²) in [6.45, 7) is 0.541. The summed E-state index contributed by atoms with van der Waals surface area (Å²) in [5.74, 6) is 1.50. The molecule has 0 aliphatic heterocycles. The molecule has 1 fully saturated rings. The Labute approximate surface area is 181 Å². The van der Waals surface area contributed by atoms with E-state index in [1.807, 2.05) is 12.1 Å². The average Bonchev–Trinajstić information content (AvgIpc) is 3.21. The van der Waals surface area contributed by atoms with E-state index in [-0.39, 0.29) is 11.3 Å². The number of benzene rings is 2. The summed E-state index contributed by atoms with van der Waals surface area (Å²) in [7, 11) is 3.28. The van der Waals surface area contributed by atoms with E-state index in [2.05, 4.69) is 11.4 Å². The van der Waals surface area contributed by atoms with Crippen LogP contribution in [-0.4, -0.2) is 26.7 Å². The molecule has 4 rings (SSSR count). The summed E-state index contributed by atoms with van der Waals surface area (Å²) in [5.41, 5.74) is 1.68. The predicted octanol–water partition coefficient (Wildman–Crippen LogP) is 5.74. The highest BCUT2D eigenvalue weighted by Crippen LogP contribution is 2.42. The van der Waals surface area contributed by atoms with Crippen LogP contribution in [0.4, 0.5) is 0 Å². The number of carbonyl (C=O) groups is 1. The number of methoxy groups -OCH3 is 2. The van der Waals surface area contributed by atoms with E-state index in [9.17, 15) is 4.79 Å². The number of nitrogens with one attached hydrogen (secondary N) is 1. The molecule has 1 aliphatic carbocycles. The zero-order chi connectivity index (χ0) is 21.1. The number of fused-ring (bicyclic) bond motifs is 1. The topological polar surface area (TPSA) is 60.7 Å². The average molecular weight is 428 g/mol. The van der Waals surface area contributed by atoms with Crippen LogP contribution in [0.2, 0.25) is 5.02 Å². The lowest BCUT2D eigenvalue weighted by Crippen LogP contribution is -2.42. The lowest BCUT2D eigenvalue weighted by atomic mass is 9.69. The highest BCUT2D eigenvalue weighted by atomic mass is 35.5. The fraction of sp³-hybridized carbons (Fsp3) is 0.375. The smallest absolute Gasteiger partial charge is 0.287 e. The second-order valence-electron chi connectivity index (χ2n) is 7.89. The molecular weight excluding hydrogens is 402 g/mol. The summed E-state index contributed by atoms with van der Waals surface area (Å²) >= 11 is 6.04. The summed E-state index contributed by atoms with van der Waals surface area (Å²) in [6.07, 6.45) is 5.50. The van der Waals surface area contributed by atoms with E-state index in [0.717, 1.165) is 36.6 Å². The van der Waals surface area contributed by atoms with Crippen molar-refractivity contribution in [3.63, 3.8) is 0 Å². The van der Waals surface area contributed by atoms with Gasteiger partial charge in [0.25, 0.3) is 5.91 Å². The van der Waals surface area contributed by atoms with Crippen molar-refractivity contribution in [3.05, 3.63) is 58.8 Å². The molecule has 0 bridgehead atoms.